The number of halogens is 1. The van der Waals surface area contributed by atoms with E-state index in [1.54, 1.807) is 4.90 Å². The van der Waals surface area contributed by atoms with Crippen molar-refractivity contribution in [1.82, 2.24) is 15.5 Å². The first-order chi connectivity index (χ1) is 13.4. The lowest BCUT2D eigenvalue weighted by Crippen LogP contribution is -2.50. The van der Waals surface area contributed by atoms with Crippen molar-refractivity contribution in [3.05, 3.63) is 35.4 Å². The maximum absolute atomic E-state index is 11.8. The number of carbonyl (C=O) groups excluding carboxylic acids is 1. The Morgan fingerprint density at radius 1 is 1.21 bits per heavy atom. The molecule has 1 aliphatic rings. The molecule has 29 heavy (non-hydrogen) atoms. The van der Waals surface area contributed by atoms with Crippen LogP contribution in [-0.4, -0.2) is 55.8 Å². The van der Waals surface area contributed by atoms with Gasteiger partial charge in [-0.15, -0.1) is 24.0 Å². The van der Waals surface area contributed by atoms with E-state index in [1.807, 2.05) is 6.92 Å². The smallest absolute Gasteiger partial charge is 0.409 e. The lowest BCUT2D eigenvalue weighted by atomic mass is 9.84. The van der Waals surface area contributed by atoms with Gasteiger partial charge in [-0.25, -0.2) is 4.79 Å². The Labute approximate surface area is 192 Å². The number of rotatable bonds is 6. The molecule has 1 aromatic carbocycles. The summed E-state index contributed by atoms with van der Waals surface area (Å²) >= 11 is 0. The fraction of sp³-hybridized carbons (Fsp3) is 0.636. The van der Waals surface area contributed by atoms with E-state index in [-0.39, 0.29) is 35.5 Å². The Morgan fingerprint density at radius 3 is 2.38 bits per heavy atom. The first-order valence-electron chi connectivity index (χ1n) is 10.4. The number of amides is 1. The number of likely N-dealkylation sites (tertiary alicyclic amines) is 1. The number of hydrogen-bond acceptors (Lipinski definition) is 3. The molecule has 0 saturated carbocycles. The average Bonchev–Trinajstić information content (AvgIpc) is 2.67. The van der Waals surface area contributed by atoms with Crippen LogP contribution in [0.3, 0.4) is 0 Å². The predicted octanol–water partition coefficient (Wildman–Crippen LogP) is 4.07. The predicted molar refractivity (Wildman–Crippen MR) is 130 cm³/mol. The SMILES string of the molecule is CCNC(=NCC(C)(C)c1ccc(C)cc1)NC1CCN(C(=O)OCC)CC1.I. The highest BCUT2D eigenvalue weighted by atomic mass is 127. The van der Waals surface area contributed by atoms with E-state index in [9.17, 15) is 4.79 Å². The number of nitrogens with one attached hydrogen (secondary N) is 2. The number of nitrogens with zero attached hydrogens (tertiary/aromatic N) is 2. The number of aliphatic imine (C=N–C) groups is 1. The summed E-state index contributed by atoms with van der Waals surface area (Å²) in [6.45, 7) is 13.8. The molecule has 6 nitrogen and oxygen atoms in total. The summed E-state index contributed by atoms with van der Waals surface area (Å²) in [4.78, 5) is 18.5. The van der Waals surface area contributed by atoms with Crippen molar-refractivity contribution in [3.8, 4) is 0 Å². The molecule has 0 spiro atoms. The van der Waals surface area contributed by atoms with Gasteiger partial charge >= 0.3 is 6.09 Å². The van der Waals surface area contributed by atoms with Crippen LogP contribution in [0.4, 0.5) is 4.79 Å². The Balaban J connectivity index is 0.00000420. The van der Waals surface area contributed by atoms with Gasteiger partial charge in [0.05, 0.1) is 13.2 Å². The Hall–Kier alpha value is -1.51. The molecule has 0 aromatic heterocycles. The molecule has 2 rings (SSSR count). The summed E-state index contributed by atoms with van der Waals surface area (Å²) < 4.78 is 5.09. The standard InChI is InChI=1S/C22H36N4O2.HI/c1-6-23-20(24-16-22(4,5)18-10-8-17(3)9-11-18)25-19-12-14-26(15-13-19)21(27)28-7-2;/h8-11,19H,6-7,12-16H2,1-5H3,(H2,23,24,25);1H. The summed E-state index contributed by atoms with van der Waals surface area (Å²) in [7, 11) is 0. The van der Waals surface area contributed by atoms with Crippen LogP contribution in [0, 0.1) is 6.92 Å². The lowest BCUT2D eigenvalue weighted by Gasteiger charge is -2.32. The van der Waals surface area contributed by atoms with Crippen molar-refractivity contribution in [1.29, 1.82) is 0 Å². The molecule has 0 aliphatic carbocycles. The van der Waals surface area contributed by atoms with Gasteiger partial charge in [0.25, 0.3) is 0 Å². The minimum absolute atomic E-state index is 0. The fourth-order valence-electron chi connectivity index (χ4n) is 3.31. The normalized spacial score (nSPS) is 15.5. The molecule has 0 atom stereocenters. The molecular formula is C22H37IN4O2. The topological polar surface area (TPSA) is 66.0 Å². The van der Waals surface area contributed by atoms with Gasteiger partial charge in [0.15, 0.2) is 5.96 Å². The van der Waals surface area contributed by atoms with Gasteiger partial charge in [0, 0.05) is 31.1 Å². The van der Waals surface area contributed by atoms with Crippen LogP contribution < -0.4 is 10.6 Å². The van der Waals surface area contributed by atoms with Crippen molar-refractivity contribution in [2.24, 2.45) is 4.99 Å². The first-order valence-corrected chi connectivity index (χ1v) is 10.4. The zero-order valence-corrected chi connectivity index (χ0v) is 20.8. The van der Waals surface area contributed by atoms with Crippen molar-refractivity contribution in [2.45, 2.75) is 58.9 Å². The maximum Gasteiger partial charge on any atom is 0.409 e. The van der Waals surface area contributed by atoms with Gasteiger partial charge in [-0.3, -0.25) is 4.99 Å². The van der Waals surface area contributed by atoms with Gasteiger partial charge in [-0.2, -0.15) is 0 Å². The largest absolute Gasteiger partial charge is 0.450 e. The molecule has 7 heteroatoms. The molecule has 0 bridgehead atoms. The number of carbonyl (C=O) groups is 1. The third-order valence-corrected chi connectivity index (χ3v) is 5.17. The molecule has 164 valence electrons. The third kappa shape index (κ3) is 8.03. The minimum Gasteiger partial charge on any atom is -0.450 e. The second kappa shape index (κ2) is 12.2. The summed E-state index contributed by atoms with van der Waals surface area (Å²) in [5.41, 5.74) is 2.52. The van der Waals surface area contributed by atoms with Gasteiger partial charge in [-0.05, 0) is 39.2 Å². The number of benzene rings is 1. The van der Waals surface area contributed by atoms with E-state index in [2.05, 4.69) is 62.6 Å². The van der Waals surface area contributed by atoms with Gasteiger partial charge < -0.3 is 20.3 Å². The van der Waals surface area contributed by atoms with E-state index >= 15 is 0 Å². The molecule has 0 unspecified atom stereocenters. The minimum atomic E-state index is -0.207. The van der Waals surface area contributed by atoms with Crippen molar-refractivity contribution in [3.63, 3.8) is 0 Å². The highest BCUT2D eigenvalue weighted by Gasteiger charge is 2.25. The van der Waals surface area contributed by atoms with E-state index < -0.39 is 0 Å². The number of aryl methyl sites for hydroxylation is 1. The van der Waals surface area contributed by atoms with Crippen molar-refractivity contribution < 1.29 is 9.53 Å². The molecule has 1 aromatic rings. The average molecular weight is 516 g/mol. The molecule has 1 saturated heterocycles. The summed E-state index contributed by atoms with van der Waals surface area (Å²) in [5, 5.41) is 6.89. The van der Waals surface area contributed by atoms with Crippen LogP contribution in [0.2, 0.25) is 0 Å². The van der Waals surface area contributed by atoms with Gasteiger partial charge in [0.1, 0.15) is 0 Å². The summed E-state index contributed by atoms with van der Waals surface area (Å²) in [6.07, 6.45) is 1.58. The van der Waals surface area contributed by atoms with Crippen molar-refractivity contribution in [2.75, 3.05) is 32.8 Å². The van der Waals surface area contributed by atoms with Crippen LogP contribution >= 0.6 is 24.0 Å². The Morgan fingerprint density at radius 2 is 1.83 bits per heavy atom. The number of piperidine rings is 1. The molecule has 1 aliphatic heterocycles. The van der Waals surface area contributed by atoms with E-state index in [1.165, 1.54) is 11.1 Å². The highest BCUT2D eigenvalue weighted by molar-refractivity contribution is 14.0. The molecule has 1 heterocycles. The first kappa shape index (κ1) is 25.5. The van der Waals surface area contributed by atoms with E-state index in [0.29, 0.717) is 32.3 Å². The van der Waals surface area contributed by atoms with Gasteiger partial charge in [0.2, 0.25) is 0 Å². The highest BCUT2D eigenvalue weighted by Crippen LogP contribution is 2.24. The van der Waals surface area contributed by atoms with Crippen LogP contribution in [-0.2, 0) is 10.2 Å². The second-order valence-electron chi connectivity index (χ2n) is 8.05. The zero-order chi connectivity index (χ0) is 20.6. The van der Waals surface area contributed by atoms with Crippen molar-refractivity contribution >= 4 is 36.0 Å². The zero-order valence-electron chi connectivity index (χ0n) is 18.5. The van der Waals surface area contributed by atoms with Crippen LogP contribution in [0.5, 0.6) is 0 Å². The fourth-order valence-corrected chi connectivity index (χ4v) is 3.31. The summed E-state index contributed by atoms with van der Waals surface area (Å²) in [5.74, 6) is 0.845. The second-order valence-corrected chi connectivity index (χ2v) is 8.05. The molecular weight excluding hydrogens is 479 g/mol. The molecule has 1 amide bonds. The lowest BCUT2D eigenvalue weighted by molar-refractivity contribution is 0.0963. The number of guanidine groups is 1. The number of hydrogen-bond donors (Lipinski definition) is 2. The summed E-state index contributed by atoms with van der Waals surface area (Å²) in [6, 6.07) is 9.00. The maximum atomic E-state index is 11.8. The van der Waals surface area contributed by atoms with Gasteiger partial charge in [-0.1, -0.05) is 43.7 Å². The number of ether oxygens (including phenoxy) is 1. The molecule has 1 fully saturated rings. The van der Waals surface area contributed by atoms with Crippen LogP contribution in [0.1, 0.15) is 51.7 Å². The molecule has 2 N–H and O–H groups in total. The van der Waals surface area contributed by atoms with Crippen LogP contribution in [0.25, 0.3) is 0 Å². The quantitative estimate of drug-likeness (QED) is 0.340. The monoisotopic (exact) mass is 516 g/mol. The third-order valence-electron chi connectivity index (χ3n) is 5.17. The van der Waals surface area contributed by atoms with Crippen LogP contribution in [0.15, 0.2) is 29.3 Å². The Kier molecular flexibility index (Phi) is 10.8. The Bertz CT molecular complexity index is 653. The van der Waals surface area contributed by atoms with E-state index in [0.717, 1.165) is 25.3 Å². The molecule has 0 radical (unpaired) electrons. The van der Waals surface area contributed by atoms with E-state index in [4.69, 9.17) is 9.73 Å².